The first-order valence-electron chi connectivity index (χ1n) is 7.27. The van der Waals surface area contributed by atoms with Crippen molar-refractivity contribution in [1.29, 1.82) is 0 Å². The fourth-order valence-electron chi connectivity index (χ4n) is 2.90. The van der Waals surface area contributed by atoms with Crippen molar-refractivity contribution >= 4 is 21.8 Å². The Morgan fingerprint density at radius 1 is 1.30 bits per heavy atom. The van der Waals surface area contributed by atoms with Crippen molar-refractivity contribution < 1.29 is 4.79 Å². The van der Waals surface area contributed by atoms with Gasteiger partial charge in [-0.15, -0.1) is 0 Å². The zero-order valence-electron chi connectivity index (χ0n) is 12.2. The minimum absolute atomic E-state index is 0.201. The normalized spacial score (nSPS) is 22.6. The summed E-state index contributed by atoms with van der Waals surface area (Å²) in [5.41, 5.74) is 1.16. The van der Waals surface area contributed by atoms with Gasteiger partial charge in [-0.25, -0.2) is 0 Å². The number of amides is 1. The number of hydrogen-bond donors (Lipinski definition) is 1. The standard InChI is InChI=1S/C16H23BrN2O/c1-18-14-9-7-12(8-10-14)16(20)19(2)11-13-5-3-4-6-15(13)17/h3-6,12,14,18H,7-11H2,1-2H3. The molecule has 0 spiro atoms. The number of nitrogens with zero attached hydrogens (tertiary/aromatic N) is 1. The first-order valence-corrected chi connectivity index (χ1v) is 8.06. The molecule has 0 heterocycles. The maximum absolute atomic E-state index is 12.5. The van der Waals surface area contributed by atoms with E-state index in [0.29, 0.717) is 12.6 Å². The fourth-order valence-corrected chi connectivity index (χ4v) is 3.31. The van der Waals surface area contributed by atoms with Crippen LogP contribution in [0.1, 0.15) is 31.2 Å². The lowest BCUT2D eigenvalue weighted by Crippen LogP contribution is -2.38. The van der Waals surface area contributed by atoms with Gasteiger partial charge >= 0.3 is 0 Å². The van der Waals surface area contributed by atoms with Crippen LogP contribution in [0.2, 0.25) is 0 Å². The Balaban J connectivity index is 1.91. The average Bonchev–Trinajstić information content (AvgIpc) is 2.49. The molecule has 0 atom stereocenters. The van der Waals surface area contributed by atoms with E-state index in [9.17, 15) is 4.79 Å². The van der Waals surface area contributed by atoms with Crippen molar-refractivity contribution in [2.24, 2.45) is 5.92 Å². The summed E-state index contributed by atoms with van der Waals surface area (Å²) in [6.07, 6.45) is 4.22. The number of benzene rings is 1. The molecule has 1 saturated carbocycles. The van der Waals surface area contributed by atoms with Crippen LogP contribution in [0, 0.1) is 5.92 Å². The molecule has 2 rings (SSSR count). The summed E-state index contributed by atoms with van der Waals surface area (Å²) in [4.78, 5) is 14.4. The molecule has 1 aliphatic carbocycles. The minimum Gasteiger partial charge on any atom is -0.341 e. The van der Waals surface area contributed by atoms with Crippen molar-refractivity contribution in [2.75, 3.05) is 14.1 Å². The van der Waals surface area contributed by atoms with Crippen LogP contribution in [-0.2, 0) is 11.3 Å². The topological polar surface area (TPSA) is 32.3 Å². The largest absolute Gasteiger partial charge is 0.341 e. The summed E-state index contributed by atoms with van der Waals surface area (Å²) in [5.74, 6) is 0.488. The number of rotatable bonds is 4. The molecule has 1 aromatic rings. The third-order valence-electron chi connectivity index (χ3n) is 4.23. The molecule has 0 unspecified atom stereocenters. The summed E-state index contributed by atoms with van der Waals surface area (Å²) in [5, 5.41) is 3.31. The van der Waals surface area contributed by atoms with Gasteiger partial charge in [0.15, 0.2) is 0 Å². The van der Waals surface area contributed by atoms with Gasteiger partial charge in [-0.1, -0.05) is 34.1 Å². The van der Waals surface area contributed by atoms with Crippen LogP contribution in [0.3, 0.4) is 0 Å². The molecular formula is C16H23BrN2O. The maximum Gasteiger partial charge on any atom is 0.225 e. The van der Waals surface area contributed by atoms with Crippen LogP contribution >= 0.6 is 15.9 Å². The Morgan fingerprint density at radius 2 is 1.95 bits per heavy atom. The second-order valence-electron chi connectivity index (χ2n) is 5.62. The van der Waals surface area contributed by atoms with E-state index < -0.39 is 0 Å². The molecule has 1 amide bonds. The van der Waals surface area contributed by atoms with E-state index in [4.69, 9.17) is 0 Å². The Hall–Kier alpha value is -0.870. The Morgan fingerprint density at radius 3 is 2.55 bits per heavy atom. The fraction of sp³-hybridized carbons (Fsp3) is 0.562. The number of halogens is 1. The predicted octanol–water partition coefficient (Wildman–Crippen LogP) is 3.19. The van der Waals surface area contributed by atoms with Crippen LogP contribution in [0.4, 0.5) is 0 Å². The van der Waals surface area contributed by atoms with E-state index >= 15 is 0 Å². The summed E-state index contributed by atoms with van der Waals surface area (Å²) in [6, 6.07) is 8.68. The number of carbonyl (C=O) groups excluding carboxylic acids is 1. The molecule has 0 radical (unpaired) electrons. The lowest BCUT2D eigenvalue weighted by atomic mass is 9.85. The molecule has 1 fully saturated rings. The first-order chi connectivity index (χ1) is 9.61. The van der Waals surface area contributed by atoms with Crippen LogP contribution in [-0.4, -0.2) is 30.9 Å². The highest BCUT2D eigenvalue weighted by Crippen LogP contribution is 2.26. The molecule has 0 aliphatic heterocycles. The van der Waals surface area contributed by atoms with Crippen LogP contribution < -0.4 is 5.32 Å². The van der Waals surface area contributed by atoms with E-state index in [1.54, 1.807) is 0 Å². The highest BCUT2D eigenvalue weighted by atomic mass is 79.9. The van der Waals surface area contributed by atoms with Gasteiger partial charge in [-0.3, -0.25) is 4.79 Å². The van der Waals surface area contributed by atoms with Crippen molar-refractivity contribution in [1.82, 2.24) is 10.2 Å². The Labute approximate surface area is 129 Å². The zero-order chi connectivity index (χ0) is 14.5. The molecule has 1 aliphatic rings. The summed E-state index contributed by atoms with van der Waals surface area (Å²) in [6.45, 7) is 0.673. The van der Waals surface area contributed by atoms with Crippen LogP contribution in [0.25, 0.3) is 0 Å². The molecule has 1 N–H and O–H groups in total. The van der Waals surface area contributed by atoms with E-state index in [1.165, 1.54) is 0 Å². The van der Waals surface area contributed by atoms with Gasteiger partial charge in [-0.2, -0.15) is 0 Å². The van der Waals surface area contributed by atoms with Crippen molar-refractivity contribution in [3.8, 4) is 0 Å². The summed E-state index contributed by atoms with van der Waals surface area (Å²) in [7, 11) is 3.91. The maximum atomic E-state index is 12.5. The zero-order valence-corrected chi connectivity index (χ0v) is 13.8. The Kier molecular flexibility index (Phi) is 5.61. The molecule has 110 valence electrons. The summed E-state index contributed by atoms with van der Waals surface area (Å²) >= 11 is 3.54. The quantitative estimate of drug-likeness (QED) is 0.914. The van der Waals surface area contributed by atoms with Gasteiger partial charge in [-0.05, 0) is 44.4 Å². The van der Waals surface area contributed by atoms with Gasteiger partial charge in [0.25, 0.3) is 0 Å². The van der Waals surface area contributed by atoms with Crippen molar-refractivity contribution in [3.63, 3.8) is 0 Å². The number of nitrogens with one attached hydrogen (secondary N) is 1. The lowest BCUT2D eigenvalue weighted by Gasteiger charge is -2.30. The molecule has 3 nitrogen and oxygen atoms in total. The third-order valence-corrected chi connectivity index (χ3v) is 5.00. The van der Waals surface area contributed by atoms with E-state index in [2.05, 4.69) is 27.3 Å². The Bertz CT molecular complexity index is 456. The molecule has 0 saturated heterocycles. The second kappa shape index (κ2) is 7.23. The first kappa shape index (κ1) is 15.5. The average molecular weight is 339 g/mol. The predicted molar refractivity (Wildman–Crippen MR) is 85.4 cm³/mol. The molecule has 1 aromatic carbocycles. The van der Waals surface area contributed by atoms with E-state index in [0.717, 1.165) is 35.7 Å². The monoisotopic (exact) mass is 338 g/mol. The highest BCUT2D eigenvalue weighted by molar-refractivity contribution is 9.10. The lowest BCUT2D eigenvalue weighted by molar-refractivity contribution is -0.135. The van der Waals surface area contributed by atoms with Gasteiger partial charge in [0.1, 0.15) is 0 Å². The van der Waals surface area contributed by atoms with E-state index in [-0.39, 0.29) is 11.8 Å². The second-order valence-corrected chi connectivity index (χ2v) is 6.48. The molecule has 4 heteroatoms. The molecule has 0 bridgehead atoms. The van der Waals surface area contributed by atoms with Crippen molar-refractivity contribution in [3.05, 3.63) is 34.3 Å². The molecule has 0 aromatic heterocycles. The number of hydrogen-bond acceptors (Lipinski definition) is 2. The SMILES string of the molecule is CNC1CCC(C(=O)N(C)Cc2ccccc2Br)CC1. The molecule has 20 heavy (non-hydrogen) atoms. The van der Waals surface area contributed by atoms with Gasteiger partial charge in [0, 0.05) is 30.0 Å². The van der Waals surface area contributed by atoms with Crippen LogP contribution in [0.5, 0.6) is 0 Å². The van der Waals surface area contributed by atoms with Crippen molar-refractivity contribution in [2.45, 2.75) is 38.3 Å². The van der Waals surface area contributed by atoms with Gasteiger partial charge in [0.2, 0.25) is 5.91 Å². The van der Waals surface area contributed by atoms with Gasteiger partial charge in [0.05, 0.1) is 0 Å². The minimum atomic E-state index is 0.201. The smallest absolute Gasteiger partial charge is 0.225 e. The highest BCUT2D eigenvalue weighted by Gasteiger charge is 2.27. The third kappa shape index (κ3) is 3.83. The van der Waals surface area contributed by atoms with E-state index in [1.807, 2.05) is 37.2 Å². The molecular weight excluding hydrogens is 316 g/mol. The number of carbonyl (C=O) groups is 1. The summed E-state index contributed by atoms with van der Waals surface area (Å²) < 4.78 is 1.07. The van der Waals surface area contributed by atoms with Gasteiger partial charge < -0.3 is 10.2 Å². The van der Waals surface area contributed by atoms with Crippen LogP contribution in [0.15, 0.2) is 28.7 Å².